The lowest BCUT2D eigenvalue weighted by molar-refractivity contribution is -0.133. The van der Waals surface area contributed by atoms with Crippen molar-refractivity contribution in [1.82, 2.24) is 4.90 Å². The first-order valence-corrected chi connectivity index (χ1v) is 8.06. The van der Waals surface area contributed by atoms with Crippen LogP contribution in [0.25, 0.3) is 0 Å². The van der Waals surface area contributed by atoms with Crippen LogP contribution >= 0.6 is 0 Å². The zero-order valence-corrected chi connectivity index (χ0v) is 14.4. The third-order valence-electron chi connectivity index (χ3n) is 3.62. The van der Waals surface area contributed by atoms with E-state index in [2.05, 4.69) is 0 Å². The third kappa shape index (κ3) is 5.50. The number of aliphatic hydroxyl groups is 1. The summed E-state index contributed by atoms with van der Waals surface area (Å²) in [5.41, 5.74) is 1.39. The Morgan fingerprint density at radius 1 is 1.05 bits per heavy atom. The Hall–Kier alpha value is -1.35. The Bertz CT molecular complexity index is 404. The van der Waals surface area contributed by atoms with Crippen molar-refractivity contribution in [2.24, 2.45) is 0 Å². The van der Waals surface area contributed by atoms with Gasteiger partial charge in [0.1, 0.15) is 0 Å². The molecule has 21 heavy (non-hydrogen) atoms. The topological polar surface area (TPSA) is 40.5 Å². The highest BCUT2D eigenvalue weighted by molar-refractivity contribution is 5.73. The number of rotatable bonds is 1. The van der Waals surface area contributed by atoms with Crippen LogP contribution in [0.3, 0.4) is 0 Å². The highest BCUT2D eigenvalue weighted by atomic mass is 16.3. The number of likely N-dealkylation sites (tertiary alicyclic amines) is 1. The molecular weight excluding hydrogens is 262 g/mol. The van der Waals surface area contributed by atoms with Crippen LogP contribution in [0.5, 0.6) is 0 Å². The van der Waals surface area contributed by atoms with Crippen molar-refractivity contribution in [3.05, 3.63) is 35.4 Å². The second kappa shape index (κ2) is 9.56. The Labute approximate surface area is 130 Å². The molecule has 1 aromatic carbocycles. The lowest BCUT2D eigenvalue weighted by Crippen LogP contribution is -2.44. The summed E-state index contributed by atoms with van der Waals surface area (Å²) in [4.78, 5) is 13.0. The molecule has 0 spiro atoms. The standard InChI is InChI=1S/C14H19NO2.2C2H6/c1-11-3-5-13(6-4-11)14(17)7-9-15(10-8-14)12(2)16;2*1-2/h3-6,17H,7-10H2,1-2H3;2*1-2H3. The molecule has 1 aliphatic heterocycles. The molecule has 1 amide bonds. The fourth-order valence-corrected chi connectivity index (χ4v) is 2.34. The van der Waals surface area contributed by atoms with Gasteiger partial charge < -0.3 is 10.0 Å². The number of nitrogens with zero attached hydrogens (tertiary/aromatic N) is 1. The molecule has 0 aliphatic carbocycles. The molecule has 3 nitrogen and oxygen atoms in total. The van der Waals surface area contributed by atoms with E-state index in [4.69, 9.17) is 0 Å². The number of hydrogen-bond acceptors (Lipinski definition) is 2. The van der Waals surface area contributed by atoms with E-state index in [1.54, 1.807) is 11.8 Å². The van der Waals surface area contributed by atoms with Gasteiger partial charge in [-0.25, -0.2) is 0 Å². The summed E-state index contributed by atoms with van der Waals surface area (Å²) in [6.07, 6.45) is 1.24. The van der Waals surface area contributed by atoms with E-state index >= 15 is 0 Å². The number of hydrogen-bond donors (Lipinski definition) is 1. The van der Waals surface area contributed by atoms with Gasteiger partial charge in [0.25, 0.3) is 0 Å². The lowest BCUT2D eigenvalue weighted by Gasteiger charge is -2.38. The highest BCUT2D eigenvalue weighted by Crippen LogP contribution is 2.32. The van der Waals surface area contributed by atoms with Gasteiger partial charge in [-0.2, -0.15) is 0 Å². The molecule has 0 bridgehead atoms. The predicted molar refractivity (Wildman–Crippen MR) is 89.3 cm³/mol. The first-order chi connectivity index (χ1) is 10.0. The number of amides is 1. The first kappa shape index (κ1) is 19.7. The fraction of sp³-hybridized carbons (Fsp3) is 0.611. The minimum atomic E-state index is -0.764. The summed E-state index contributed by atoms with van der Waals surface area (Å²) in [5, 5.41) is 10.6. The molecule has 3 heteroatoms. The zero-order valence-electron chi connectivity index (χ0n) is 14.4. The molecule has 0 unspecified atom stereocenters. The Kier molecular flexibility index (Phi) is 8.95. The maximum absolute atomic E-state index is 11.2. The van der Waals surface area contributed by atoms with Gasteiger partial charge in [0, 0.05) is 20.0 Å². The monoisotopic (exact) mass is 293 g/mol. The molecule has 0 aromatic heterocycles. The van der Waals surface area contributed by atoms with Crippen LogP contribution in [0.1, 0.15) is 58.6 Å². The van der Waals surface area contributed by atoms with Gasteiger partial charge in [0.05, 0.1) is 5.60 Å². The number of benzene rings is 1. The van der Waals surface area contributed by atoms with Gasteiger partial charge in [0.15, 0.2) is 0 Å². The summed E-state index contributed by atoms with van der Waals surface area (Å²) in [6, 6.07) is 8.01. The van der Waals surface area contributed by atoms with Gasteiger partial charge >= 0.3 is 0 Å². The van der Waals surface area contributed by atoms with Crippen LogP contribution in [-0.4, -0.2) is 29.0 Å². The van der Waals surface area contributed by atoms with Crippen molar-refractivity contribution in [3.63, 3.8) is 0 Å². The quantitative estimate of drug-likeness (QED) is 0.853. The zero-order chi connectivity index (χ0) is 16.5. The van der Waals surface area contributed by atoms with Gasteiger partial charge in [-0.1, -0.05) is 57.5 Å². The summed E-state index contributed by atoms with van der Waals surface area (Å²) in [6.45, 7) is 12.9. The molecule has 0 atom stereocenters. The smallest absolute Gasteiger partial charge is 0.219 e. The molecule has 2 rings (SSSR count). The molecule has 0 radical (unpaired) electrons. The largest absolute Gasteiger partial charge is 0.385 e. The van der Waals surface area contributed by atoms with Crippen LogP contribution in [0.15, 0.2) is 24.3 Å². The van der Waals surface area contributed by atoms with Crippen molar-refractivity contribution in [2.45, 2.75) is 60.0 Å². The van der Waals surface area contributed by atoms with E-state index in [0.717, 1.165) is 5.56 Å². The third-order valence-corrected chi connectivity index (χ3v) is 3.62. The van der Waals surface area contributed by atoms with E-state index in [-0.39, 0.29) is 5.91 Å². The maximum Gasteiger partial charge on any atom is 0.219 e. The minimum Gasteiger partial charge on any atom is -0.385 e. The Morgan fingerprint density at radius 2 is 1.48 bits per heavy atom. The van der Waals surface area contributed by atoms with Crippen LogP contribution in [0.4, 0.5) is 0 Å². The first-order valence-electron chi connectivity index (χ1n) is 8.06. The number of piperidine rings is 1. The Morgan fingerprint density at radius 3 is 1.86 bits per heavy atom. The second-order valence-corrected chi connectivity index (χ2v) is 4.90. The summed E-state index contributed by atoms with van der Waals surface area (Å²) in [5.74, 6) is 0.0935. The summed E-state index contributed by atoms with van der Waals surface area (Å²) >= 11 is 0. The van der Waals surface area contributed by atoms with Crippen molar-refractivity contribution < 1.29 is 9.90 Å². The van der Waals surface area contributed by atoms with E-state index in [1.807, 2.05) is 58.9 Å². The van der Waals surface area contributed by atoms with Gasteiger partial charge in [-0.15, -0.1) is 0 Å². The van der Waals surface area contributed by atoms with E-state index in [9.17, 15) is 9.90 Å². The molecule has 1 fully saturated rings. The van der Waals surface area contributed by atoms with Crippen molar-refractivity contribution in [1.29, 1.82) is 0 Å². The second-order valence-electron chi connectivity index (χ2n) is 4.90. The molecule has 0 saturated carbocycles. The van der Waals surface area contributed by atoms with E-state index in [1.165, 1.54) is 5.56 Å². The molecule has 1 N–H and O–H groups in total. The SMILES string of the molecule is CC.CC.CC(=O)N1CCC(O)(c2ccc(C)cc2)CC1. The minimum absolute atomic E-state index is 0.0935. The van der Waals surface area contributed by atoms with Crippen molar-refractivity contribution in [2.75, 3.05) is 13.1 Å². The van der Waals surface area contributed by atoms with Crippen LogP contribution in [0, 0.1) is 6.92 Å². The van der Waals surface area contributed by atoms with Crippen LogP contribution < -0.4 is 0 Å². The fourth-order valence-electron chi connectivity index (χ4n) is 2.34. The predicted octanol–water partition coefficient (Wildman–Crippen LogP) is 3.88. The molecular formula is C18H31NO2. The molecule has 1 heterocycles. The van der Waals surface area contributed by atoms with Gasteiger partial charge in [0.2, 0.25) is 5.91 Å². The summed E-state index contributed by atoms with van der Waals surface area (Å²) < 4.78 is 0. The van der Waals surface area contributed by atoms with Crippen LogP contribution in [0.2, 0.25) is 0 Å². The lowest BCUT2D eigenvalue weighted by atomic mass is 9.84. The maximum atomic E-state index is 11.2. The molecule has 1 saturated heterocycles. The van der Waals surface area contributed by atoms with Crippen molar-refractivity contribution in [3.8, 4) is 0 Å². The molecule has 1 aliphatic rings. The normalized spacial score (nSPS) is 16.0. The molecule has 1 aromatic rings. The summed E-state index contributed by atoms with van der Waals surface area (Å²) in [7, 11) is 0. The average Bonchev–Trinajstić information content (AvgIpc) is 2.52. The Balaban J connectivity index is 0.000000921. The van der Waals surface area contributed by atoms with Crippen LogP contribution in [-0.2, 0) is 10.4 Å². The van der Waals surface area contributed by atoms with Gasteiger partial charge in [-0.3, -0.25) is 4.79 Å². The molecule has 120 valence electrons. The van der Waals surface area contributed by atoms with E-state index in [0.29, 0.717) is 25.9 Å². The van der Waals surface area contributed by atoms with Gasteiger partial charge in [-0.05, 0) is 25.3 Å². The number of carbonyl (C=O) groups is 1. The van der Waals surface area contributed by atoms with Crippen molar-refractivity contribution >= 4 is 5.91 Å². The number of carbonyl (C=O) groups excluding carboxylic acids is 1. The number of aryl methyl sites for hydroxylation is 1. The van der Waals surface area contributed by atoms with E-state index < -0.39 is 5.60 Å². The highest BCUT2D eigenvalue weighted by Gasteiger charge is 2.34. The average molecular weight is 293 g/mol.